The largest absolute Gasteiger partial charge is 0.306 e. The molecular formula is C19H11ClFN3OS. The molecule has 4 rings (SSSR count). The molecule has 0 saturated carbocycles. The molecule has 0 aliphatic carbocycles. The molecule has 1 amide bonds. The molecule has 0 atom stereocenters. The van der Waals surface area contributed by atoms with E-state index in [-0.39, 0.29) is 10.6 Å². The van der Waals surface area contributed by atoms with Gasteiger partial charge in [-0.25, -0.2) is 14.4 Å². The van der Waals surface area contributed by atoms with Gasteiger partial charge in [0.1, 0.15) is 16.6 Å². The van der Waals surface area contributed by atoms with Crippen LogP contribution in [-0.4, -0.2) is 15.9 Å². The van der Waals surface area contributed by atoms with Crippen LogP contribution in [-0.2, 0) is 0 Å². The van der Waals surface area contributed by atoms with E-state index < -0.39 is 11.7 Å². The average Bonchev–Trinajstić information content (AvgIpc) is 3.08. The lowest BCUT2D eigenvalue weighted by atomic mass is 10.2. The minimum absolute atomic E-state index is 0.130. The Labute approximate surface area is 157 Å². The van der Waals surface area contributed by atoms with Crippen LogP contribution in [0.1, 0.15) is 10.4 Å². The summed E-state index contributed by atoms with van der Waals surface area (Å²) in [5.74, 6) is -0.928. The number of nitrogens with zero attached hydrogens (tertiary/aromatic N) is 2. The lowest BCUT2D eigenvalue weighted by Gasteiger charge is -2.06. The van der Waals surface area contributed by atoms with Crippen molar-refractivity contribution in [3.63, 3.8) is 0 Å². The molecule has 0 radical (unpaired) electrons. The van der Waals surface area contributed by atoms with Gasteiger partial charge in [0.05, 0.1) is 15.8 Å². The van der Waals surface area contributed by atoms with Crippen molar-refractivity contribution in [1.82, 2.24) is 9.97 Å². The second-order valence-electron chi connectivity index (χ2n) is 5.50. The third kappa shape index (κ3) is 3.29. The van der Waals surface area contributed by atoms with Gasteiger partial charge in [0.25, 0.3) is 5.91 Å². The van der Waals surface area contributed by atoms with Gasteiger partial charge >= 0.3 is 0 Å². The number of para-hydroxylation sites is 1. The number of nitrogens with one attached hydrogen (secondary N) is 1. The summed E-state index contributed by atoms with van der Waals surface area (Å²) in [5.41, 5.74) is 1.65. The van der Waals surface area contributed by atoms with Crippen LogP contribution in [0.3, 0.4) is 0 Å². The zero-order chi connectivity index (χ0) is 18.1. The fourth-order valence-electron chi connectivity index (χ4n) is 2.45. The van der Waals surface area contributed by atoms with Crippen molar-refractivity contribution in [2.24, 2.45) is 0 Å². The maximum absolute atomic E-state index is 13.8. The summed E-state index contributed by atoms with van der Waals surface area (Å²) in [6.07, 6.45) is 1.63. The van der Waals surface area contributed by atoms with E-state index in [1.54, 1.807) is 23.6 Å². The standard InChI is InChI=1S/C19H11ClFN3OS/c20-12-6-7-14(21)13(9-12)18(25)24-17-8-5-11(10-22-17)19-23-15-3-1-2-4-16(15)26-19/h1-10H,(H,22,24,25). The molecule has 0 spiro atoms. The number of hydrogen-bond acceptors (Lipinski definition) is 4. The van der Waals surface area contributed by atoms with Crippen molar-refractivity contribution in [1.29, 1.82) is 0 Å². The number of fused-ring (bicyclic) bond motifs is 1. The molecule has 26 heavy (non-hydrogen) atoms. The number of pyridine rings is 1. The molecule has 2 heterocycles. The second-order valence-corrected chi connectivity index (χ2v) is 6.96. The third-order valence-corrected chi connectivity index (χ3v) is 5.04. The Morgan fingerprint density at radius 3 is 2.73 bits per heavy atom. The highest BCUT2D eigenvalue weighted by Gasteiger charge is 2.13. The summed E-state index contributed by atoms with van der Waals surface area (Å²) in [6.45, 7) is 0. The monoisotopic (exact) mass is 383 g/mol. The maximum atomic E-state index is 13.8. The van der Waals surface area contributed by atoms with Gasteiger partial charge in [0.15, 0.2) is 0 Å². The topological polar surface area (TPSA) is 54.9 Å². The molecule has 4 aromatic rings. The molecule has 2 aromatic heterocycles. The van der Waals surface area contributed by atoms with Gasteiger partial charge in [-0.2, -0.15) is 0 Å². The predicted octanol–water partition coefficient (Wildman–Crippen LogP) is 5.40. The van der Waals surface area contributed by atoms with Crippen LogP contribution < -0.4 is 5.32 Å². The van der Waals surface area contributed by atoms with Crippen LogP contribution in [0.2, 0.25) is 5.02 Å². The third-order valence-electron chi connectivity index (χ3n) is 3.72. The molecule has 2 aromatic carbocycles. The molecule has 128 valence electrons. The van der Waals surface area contributed by atoms with Gasteiger partial charge in [-0.15, -0.1) is 11.3 Å². The molecule has 0 saturated heterocycles. The average molecular weight is 384 g/mol. The molecular weight excluding hydrogens is 373 g/mol. The normalized spacial score (nSPS) is 10.8. The summed E-state index contributed by atoms with van der Waals surface area (Å²) in [6, 6.07) is 15.2. The Morgan fingerprint density at radius 1 is 1.12 bits per heavy atom. The van der Waals surface area contributed by atoms with Crippen LogP contribution in [0.4, 0.5) is 10.2 Å². The number of benzene rings is 2. The van der Waals surface area contributed by atoms with E-state index >= 15 is 0 Å². The molecule has 7 heteroatoms. The quantitative estimate of drug-likeness (QED) is 0.515. The minimum atomic E-state index is -0.641. The number of amides is 1. The first-order valence-electron chi connectivity index (χ1n) is 7.68. The summed E-state index contributed by atoms with van der Waals surface area (Å²) in [7, 11) is 0. The van der Waals surface area contributed by atoms with E-state index in [1.165, 1.54) is 12.1 Å². The molecule has 0 aliphatic rings. The van der Waals surface area contributed by atoms with Gasteiger partial charge < -0.3 is 5.32 Å². The number of carbonyl (C=O) groups excluding carboxylic acids is 1. The van der Waals surface area contributed by atoms with Gasteiger partial charge in [-0.3, -0.25) is 4.79 Å². The molecule has 4 nitrogen and oxygen atoms in total. The number of rotatable bonds is 3. The highest BCUT2D eigenvalue weighted by atomic mass is 35.5. The Hall–Kier alpha value is -2.83. The van der Waals surface area contributed by atoms with Crippen molar-refractivity contribution in [2.45, 2.75) is 0 Å². The van der Waals surface area contributed by atoms with Gasteiger partial charge in [0, 0.05) is 16.8 Å². The second kappa shape index (κ2) is 6.82. The van der Waals surface area contributed by atoms with E-state index in [2.05, 4.69) is 15.3 Å². The van der Waals surface area contributed by atoms with Crippen LogP contribution in [0.5, 0.6) is 0 Å². The van der Waals surface area contributed by atoms with Gasteiger partial charge in [-0.05, 0) is 42.5 Å². The smallest absolute Gasteiger partial charge is 0.259 e. The summed E-state index contributed by atoms with van der Waals surface area (Å²) >= 11 is 7.39. The zero-order valence-electron chi connectivity index (χ0n) is 13.2. The summed E-state index contributed by atoms with van der Waals surface area (Å²) < 4.78 is 14.9. The number of carbonyl (C=O) groups is 1. The van der Waals surface area contributed by atoms with Crippen molar-refractivity contribution >= 4 is 44.9 Å². The molecule has 0 unspecified atom stereocenters. The van der Waals surface area contributed by atoms with E-state index in [0.29, 0.717) is 5.82 Å². The van der Waals surface area contributed by atoms with Gasteiger partial charge in [0.2, 0.25) is 0 Å². The van der Waals surface area contributed by atoms with E-state index in [1.807, 2.05) is 30.3 Å². The molecule has 1 N–H and O–H groups in total. The van der Waals surface area contributed by atoms with Crippen molar-refractivity contribution in [3.05, 3.63) is 77.2 Å². The van der Waals surface area contributed by atoms with Crippen LogP contribution in [0, 0.1) is 5.82 Å². The fourth-order valence-corrected chi connectivity index (χ4v) is 3.57. The van der Waals surface area contributed by atoms with Crippen LogP contribution in [0.25, 0.3) is 20.8 Å². The SMILES string of the molecule is O=C(Nc1ccc(-c2nc3ccccc3s2)cn1)c1cc(Cl)ccc1F. The summed E-state index contributed by atoms with van der Waals surface area (Å²) in [5, 5.41) is 3.70. The maximum Gasteiger partial charge on any atom is 0.259 e. The Kier molecular flexibility index (Phi) is 4.36. The predicted molar refractivity (Wildman–Crippen MR) is 102 cm³/mol. The lowest BCUT2D eigenvalue weighted by Crippen LogP contribution is -2.14. The summed E-state index contributed by atoms with van der Waals surface area (Å²) in [4.78, 5) is 21.0. The number of anilines is 1. The highest BCUT2D eigenvalue weighted by Crippen LogP contribution is 2.29. The van der Waals surface area contributed by atoms with Crippen LogP contribution >= 0.6 is 22.9 Å². The van der Waals surface area contributed by atoms with E-state index in [0.717, 1.165) is 26.9 Å². The first-order valence-corrected chi connectivity index (χ1v) is 8.88. The Balaban J connectivity index is 1.56. The zero-order valence-corrected chi connectivity index (χ0v) is 14.8. The van der Waals surface area contributed by atoms with Gasteiger partial charge in [-0.1, -0.05) is 23.7 Å². The van der Waals surface area contributed by atoms with Crippen molar-refractivity contribution in [2.75, 3.05) is 5.32 Å². The first kappa shape index (κ1) is 16.6. The fraction of sp³-hybridized carbons (Fsp3) is 0. The Morgan fingerprint density at radius 2 is 1.96 bits per heavy atom. The molecule has 0 bridgehead atoms. The number of thiazole rings is 1. The van der Waals surface area contributed by atoms with Crippen LogP contribution in [0.15, 0.2) is 60.8 Å². The number of halogens is 2. The van der Waals surface area contributed by atoms with E-state index in [4.69, 9.17) is 11.6 Å². The number of aromatic nitrogens is 2. The van der Waals surface area contributed by atoms with Crippen molar-refractivity contribution < 1.29 is 9.18 Å². The first-order chi connectivity index (χ1) is 12.6. The Bertz CT molecular complexity index is 1080. The minimum Gasteiger partial charge on any atom is -0.306 e. The number of hydrogen-bond donors (Lipinski definition) is 1. The highest BCUT2D eigenvalue weighted by molar-refractivity contribution is 7.21. The van der Waals surface area contributed by atoms with E-state index in [9.17, 15) is 9.18 Å². The molecule has 0 fully saturated rings. The van der Waals surface area contributed by atoms with Crippen molar-refractivity contribution in [3.8, 4) is 10.6 Å². The lowest BCUT2D eigenvalue weighted by molar-refractivity contribution is 0.102. The molecule has 0 aliphatic heterocycles.